The van der Waals surface area contributed by atoms with Gasteiger partial charge in [-0.25, -0.2) is 4.79 Å². The lowest BCUT2D eigenvalue weighted by Gasteiger charge is -2.60. The number of rotatable bonds is 2. The first-order chi connectivity index (χ1) is 13.8. The van der Waals surface area contributed by atoms with Crippen molar-refractivity contribution in [2.24, 2.45) is 34.5 Å². The van der Waals surface area contributed by atoms with Crippen molar-refractivity contribution in [3.63, 3.8) is 0 Å². The van der Waals surface area contributed by atoms with Gasteiger partial charge in [-0.15, -0.1) is 0 Å². The lowest BCUT2D eigenvalue weighted by Crippen LogP contribution is -2.54. The molecule has 4 nitrogen and oxygen atoms in total. The quantitative estimate of drug-likeness (QED) is 0.492. The molecule has 1 aromatic heterocycles. The Morgan fingerprint density at radius 3 is 2.69 bits per heavy atom. The molecule has 158 valence electrons. The molecule has 5 rings (SSSR count). The molecule has 7 atom stereocenters. The van der Waals surface area contributed by atoms with Gasteiger partial charge < -0.3 is 9.15 Å². The summed E-state index contributed by atoms with van der Waals surface area (Å²) in [5.41, 5.74) is 0.279. The molecule has 0 bridgehead atoms. The fourth-order valence-electron chi connectivity index (χ4n) is 7.73. The van der Waals surface area contributed by atoms with Crippen LogP contribution >= 0.6 is 15.9 Å². The van der Waals surface area contributed by atoms with Crippen LogP contribution in [0.1, 0.15) is 82.2 Å². The Hall–Kier alpha value is -1.10. The molecule has 5 heteroatoms. The third-order valence-electron chi connectivity index (χ3n) is 9.37. The van der Waals surface area contributed by atoms with E-state index in [0.29, 0.717) is 33.6 Å². The number of hydrogen-bond acceptors (Lipinski definition) is 4. The lowest BCUT2D eigenvalue weighted by atomic mass is 9.45. The monoisotopic (exact) mass is 462 g/mol. The summed E-state index contributed by atoms with van der Waals surface area (Å²) in [5, 5.41) is 0. The fraction of sp³-hybridized carbons (Fsp3) is 0.750. The summed E-state index contributed by atoms with van der Waals surface area (Å²) in [6.45, 7) is 4.75. The first-order valence-electron chi connectivity index (χ1n) is 11.3. The standard InChI is InChI=1S/C24H31BrO4/c1-23-11-9-15(28-22(27)19-6-8-21(25)29-19)13-14(23)3-4-16-17-5-7-20(26)24(17,2)12-10-18(16)23/h6,8,14-18H,3-5,7,9-13H2,1-2H3. The van der Waals surface area contributed by atoms with Crippen LogP contribution in [0.2, 0.25) is 0 Å². The molecule has 29 heavy (non-hydrogen) atoms. The molecule has 1 heterocycles. The number of Topliss-reactive ketones (excluding diaryl/α,β-unsaturated/α-hetero) is 1. The zero-order valence-corrected chi connectivity index (χ0v) is 19.0. The predicted octanol–water partition coefficient (Wildman–Crippen LogP) is 6.18. The second-order valence-corrected chi connectivity index (χ2v) is 11.3. The molecular weight excluding hydrogens is 432 g/mol. The van der Waals surface area contributed by atoms with Crippen LogP contribution in [-0.4, -0.2) is 17.9 Å². The summed E-state index contributed by atoms with van der Waals surface area (Å²) >= 11 is 3.24. The first kappa shape index (κ1) is 19.8. The number of furan rings is 1. The minimum absolute atomic E-state index is 0.0112. The zero-order chi connectivity index (χ0) is 20.4. The summed E-state index contributed by atoms with van der Waals surface area (Å²) in [7, 11) is 0. The van der Waals surface area contributed by atoms with Crippen molar-refractivity contribution in [3.8, 4) is 0 Å². The highest BCUT2D eigenvalue weighted by molar-refractivity contribution is 9.10. The third kappa shape index (κ3) is 3.05. The van der Waals surface area contributed by atoms with E-state index >= 15 is 0 Å². The van der Waals surface area contributed by atoms with Crippen molar-refractivity contribution in [3.05, 3.63) is 22.6 Å². The maximum atomic E-state index is 12.6. The second kappa shape index (κ2) is 6.96. The van der Waals surface area contributed by atoms with Gasteiger partial charge in [0.25, 0.3) is 0 Å². The number of carbonyl (C=O) groups is 2. The van der Waals surface area contributed by atoms with Crippen LogP contribution in [0, 0.1) is 34.5 Å². The van der Waals surface area contributed by atoms with Crippen molar-refractivity contribution < 1.29 is 18.7 Å². The van der Waals surface area contributed by atoms with Gasteiger partial charge in [-0.2, -0.15) is 0 Å². The second-order valence-electron chi connectivity index (χ2n) is 10.5. The molecule has 0 saturated heterocycles. The number of halogens is 1. The molecule has 4 aliphatic carbocycles. The van der Waals surface area contributed by atoms with E-state index in [1.807, 2.05) is 0 Å². The molecule has 0 amide bonds. The van der Waals surface area contributed by atoms with Crippen LogP contribution < -0.4 is 0 Å². The Kier molecular flexibility index (Phi) is 4.76. The van der Waals surface area contributed by atoms with E-state index in [1.165, 1.54) is 19.3 Å². The Labute approximate surface area is 181 Å². The van der Waals surface area contributed by atoms with E-state index in [0.717, 1.165) is 44.4 Å². The topological polar surface area (TPSA) is 56.5 Å². The SMILES string of the molecule is CC12CCC3C(CCC4CC(OC(=O)c5ccc(Br)o5)CCC43C)C1CCC2=O. The highest BCUT2D eigenvalue weighted by Gasteiger charge is 2.60. The van der Waals surface area contributed by atoms with Crippen LogP contribution in [0.15, 0.2) is 21.2 Å². The largest absolute Gasteiger partial charge is 0.457 e. The fourth-order valence-corrected chi connectivity index (χ4v) is 8.04. The molecule has 0 radical (unpaired) electrons. The lowest BCUT2D eigenvalue weighted by molar-refractivity contribution is -0.142. The van der Waals surface area contributed by atoms with Crippen LogP contribution in [0.3, 0.4) is 0 Å². The van der Waals surface area contributed by atoms with E-state index in [4.69, 9.17) is 9.15 Å². The van der Waals surface area contributed by atoms with Crippen molar-refractivity contribution in [1.29, 1.82) is 0 Å². The highest BCUT2D eigenvalue weighted by atomic mass is 79.9. The van der Waals surface area contributed by atoms with Gasteiger partial charge in [-0.3, -0.25) is 4.79 Å². The predicted molar refractivity (Wildman–Crippen MR) is 112 cm³/mol. The number of fused-ring (bicyclic) bond motifs is 5. The maximum absolute atomic E-state index is 12.6. The van der Waals surface area contributed by atoms with Crippen molar-refractivity contribution in [2.75, 3.05) is 0 Å². The van der Waals surface area contributed by atoms with E-state index in [1.54, 1.807) is 12.1 Å². The molecule has 4 aliphatic rings. The van der Waals surface area contributed by atoms with E-state index < -0.39 is 0 Å². The number of ketones is 1. The van der Waals surface area contributed by atoms with E-state index in [-0.39, 0.29) is 23.2 Å². The molecule has 4 fully saturated rings. The average molecular weight is 463 g/mol. The van der Waals surface area contributed by atoms with Gasteiger partial charge in [0.1, 0.15) is 11.9 Å². The summed E-state index contributed by atoms with van der Waals surface area (Å²) in [4.78, 5) is 25.0. The number of carbonyl (C=O) groups excluding carboxylic acids is 2. The summed E-state index contributed by atoms with van der Waals surface area (Å²) in [5.74, 6) is 3.08. The number of ether oxygens (including phenoxy) is 1. The molecule has 4 saturated carbocycles. The average Bonchev–Trinajstić information content (AvgIpc) is 3.25. The maximum Gasteiger partial charge on any atom is 0.374 e. The van der Waals surface area contributed by atoms with Crippen molar-refractivity contribution >= 4 is 27.7 Å². The number of hydrogen-bond donors (Lipinski definition) is 0. The molecule has 1 aromatic rings. The van der Waals surface area contributed by atoms with Gasteiger partial charge in [-0.1, -0.05) is 13.8 Å². The summed E-state index contributed by atoms with van der Waals surface area (Å²) in [6.07, 6.45) is 9.63. The molecule has 0 aliphatic heterocycles. The summed E-state index contributed by atoms with van der Waals surface area (Å²) < 4.78 is 11.7. The molecule has 0 spiro atoms. The smallest absolute Gasteiger partial charge is 0.374 e. The Morgan fingerprint density at radius 2 is 1.93 bits per heavy atom. The van der Waals surface area contributed by atoms with Gasteiger partial charge in [0, 0.05) is 11.8 Å². The highest BCUT2D eigenvalue weighted by Crippen LogP contribution is 2.65. The molecular formula is C24H31BrO4. The van der Waals surface area contributed by atoms with Gasteiger partial charge >= 0.3 is 5.97 Å². The Bertz CT molecular complexity index is 831. The third-order valence-corrected chi connectivity index (χ3v) is 9.80. The van der Waals surface area contributed by atoms with Crippen molar-refractivity contribution in [2.45, 2.75) is 77.7 Å². The van der Waals surface area contributed by atoms with Gasteiger partial charge in [0.15, 0.2) is 4.67 Å². The number of esters is 1. The van der Waals surface area contributed by atoms with Gasteiger partial charge in [0.2, 0.25) is 5.76 Å². The summed E-state index contributed by atoms with van der Waals surface area (Å²) in [6, 6.07) is 3.38. The molecule has 0 aromatic carbocycles. The van der Waals surface area contributed by atoms with Crippen LogP contribution in [0.5, 0.6) is 0 Å². The molecule has 7 unspecified atom stereocenters. The normalized spacial score (nSPS) is 44.0. The van der Waals surface area contributed by atoms with Crippen molar-refractivity contribution in [1.82, 2.24) is 0 Å². The van der Waals surface area contributed by atoms with Crippen LogP contribution in [0.4, 0.5) is 0 Å². The van der Waals surface area contributed by atoms with Gasteiger partial charge in [-0.05, 0) is 109 Å². The van der Waals surface area contributed by atoms with Crippen LogP contribution in [0.25, 0.3) is 0 Å². The van der Waals surface area contributed by atoms with E-state index in [2.05, 4.69) is 29.8 Å². The van der Waals surface area contributed by atoms with E-state index in [9.17, 15) is 9.59 Å². The minimum Gasteiger partial charge on any atom is -0.457 e. The zero-order valence-electron chi connectivity index (χ0n) is 17.4. The Balaban J connectivity index is 1.29. The molecule has 0 N–H and O–H groups in total. The van der Waals surface area contributed by atoms with Crippen LogP contribution in [-0.2, 0) is 9.53 Å². The van der Waals surface area contributed by atoms with Gasteiger partial charge in [0.05, 0.1) is 0 Å². The first-order valence-corrected chi connectivity index (χ1v) is 12.1. The minimum atomic E-state index is -0.351. The Morgan fingerprint density at radius 1 is 1.10 bits per heavy atom.